The van der Waals surface area contributed by atoms with Gasteiger partial charge in [-0.1, -0.05) is 20.8 Å². The van der Waals surface area contributed by atoms with Crippen molar-refractivity contribution in [2.24, 2.45) is 11.8 Å². The number of amides is 2. The second kappa shape index (κ2) is 6.78. The lowest BCUT2D eigenvalue weighted by Crippen LogP contribution is -2.49. The molecule has 0 aromatic carbocycles. The number of carbonyl (C=O) groups excluding carboxylic acids is 1. The van der Waals surface area contributed by atoms with Crippen molar-refractivity contribution >= 4 is 12.0 Å². The molecule has 1 saturated heterocycles. The molecule has 0 aliphatic carbocycles. The summed E-state index contributed by atoms with van der Waals surface area (Å²) in [5, 5.41) is 12.1. The highest BCUT2D eigenvalue weighted by molar-refractivity contribution is 5.83. The third-order valence-corrected chi connectivity index (χ3v) is 3.76. The molecule has 1 heterocycles. The lowest BCUT2D eigenvalue weighted by atomic mass is 10.0. The molecule has 19 heavy (non-hydrogen) atoms. The van der Waals surface area contributed by atoms with Crippen molar-refractivity contribution in [2.45, 2.75) is 59.0 Å². The monoisotopic (exact) mass is 270 g/mol. The zero-order valence-electron chi connectivity index (χ0n) is 12.3. The summed E-state index contributed by atoms with van der Waals surface area (Å²) in [6, 6.07) is -0.842. The van der Waals surface area contributed by atoms with E-state index >= 15 is 0 Å². The van der Waals surface area contributed by atoms with E-state index in [-0.39, 0.29) is 18.0 Å². The Morgan fingerprint density at radius 3 is 2.47 bits per heavy atom. The summed E-state index contributed by atoms with van der Waals surface area (Å²) < 4.78 is 0. The number of likely N-dealkylation sites (tertiary alicyclic amines) is 1. The van der Waals surface area contributed by atoms with E-state index in [1.165, 1.54) is 4.90 Å². The predicted octanol–water partition coefficient (Wildman–Crippen LogP) is 2.32. The highest BCUT2D eigenvalue weighted by Crippen LogP contribution is 2.24. The van der Waals surface area contributed by atoms with Crippen LogP contribution in [0.5, 0.6) is 0 Å². The van der Waals surface area contributed by atoms with Crippen LogP contribution >= 0.6 is 0 Å². The molecule has 0 saturated carbocycles. The number of carbonyl (C=O) groups is 2. The third-order valence-electron chi connectivity index (χ3n) is 3.76. The molecular weight excluding hydrogens is 244 g/mol. The van der Waals surface area contributed by atoms with Gasteiger partial charge < -0.3 is 15.3 Å². The maximum atomic E-state index is 12.1. The average molecular weight is 270 g/mol. The van der Waals surface area contributed by atoms with Crippen molar-refractivity contribution in [3.05, 3.63) is 0 Å². The van der Waals surface area contributed by atoms with Gasteiger partial charge in [-0.3, -0.25) is 0 Å². The number of rotatable bonds is 5. The molecule has 2 N–H and O–H groups in total. The Bertz CT molecular complexity index is 331. The van der Waals surface area contributed by atoms with Crippen LogP contribution in [0.3, 0.4) is 0 Å². The maximum Gasteiger partial charge on any atom is 0.326 e. The quantitative estimate of drug-likeness (QED) is 0.805. The minimum atomic E-state index is -0.907. The van der Waals surface area contributed by atoms with Gasteiger partial charge >= 0.3 is 12.0 Å². The van der Waals surface area contributed by atoms with Gasteiger partial charge in [0.05, 0.1) is 0 Å². The average Bonchev–Trinajstić information content (AvgIpc) is 2.68. The summed E-state index contributed by atoms with van der Waals surface area (Å²) in [5.74, 6) is -0.276. The molecule has 1 rings (SSSR count). The maximum absolute atomic E-state index is 12.1. The molecule has 1 aliphatic heterocycles. The first kappa shape index (κ1) is 15.8. The van der Waals surface area contributed by atoms with Crippen LogP contribution in [0.1, 0.15) is 47.0 Å². The molecular formula is C14H26N2O3. The number of aliphatic carboxylic acids is 1. The summed E-state index contributed by atoms with van der Waals surface area (Å²) in [5.41, 5.74) is 0. The zero-order valence-corrected chi connectivity index (χ0v) is 12.3. The Kier molecular flexibility index (Phi) is 5.63. The van der Waals surface area contributed by atoms with Gasteiger partial charge in [-0.05, 0) is 38.0 Å². The summed E-state index contributed by atoms with van der Waals surface area (Å²) in [4.78, 5) is 24.8. The molecule has 3 unspecified atom stereocenters. The van der Waals surface area contributed by atoms with Gasteiger partial charge in [0.2, 0.25) is 0 Å². The normalized spacial score (nSPS) is 24.6. The first-order valence-electron chi connectivity index (χ1n) is 7.12. The Balaban J connectivity index is 2.51. The number of nitrogens with one attached hydrogen (secondary N) is 1. The fourth-order valence-electron chi connectivity index (χ4n) is 2.50. The van der Waals surface area contributed by atoms with Gasteiger partial charge in [0.25, 0.3) is 0 Å². The lowest BCUT2D eigenvalue weighted by Gasteiger charge is -2.26. The number of urea groups is 1. The van der Waals surface area contributed by atoms with Crippen LogP contribution in [-0.4, -0.2) is 40.6 Å². The van der Waals surface area contributed by atoms with E-state index in [2.05, 4.69) is 19.2 Å². The highest BCUT2D eigenvalue weighted by Gasteiger charge is 2.39. The van der Waals surface area contributed by atoms with Gasteiger partial charge in [0, 0.05) is 12.6 Å². The van der Waals surface area contributed by atoms with Crippen LogP contribution in [-0.2, 0) is 4.79 Å². The van der Waals surface area contributed by atoms with E-state index in [9.17, 15) is 14.7 Å². The van der Waals surface area contributed by atoms with Crippen LogP contribution in [0, 0.1) is 11.8 Å². The Hall–Kier alpha value is -1.26. The summed E-state index contributed by atoms with van der Waals surface area (Å²) in [6.45, 7) is 8.68. The molecule has 0 aromatic heterocycles. The van der Waals surface area contributed by atoms with Crippen molar-refractivity contribution in [2.75, 3.05) is 6.54 Å². The van der Waals surface area contributed by atoms with E-state index in [0.717, 1.165) is 19.3 Å². The van der Waals surface area contributed by atoms with E-state index in [0.29, 0.717) is 12.5 Å². The Morgan fingerprint density at radius 2 is 1.95 bits per heavy atom. The standard InChI is InChI=1S/C14H26N2O3/c1-9(2)5-6-11(4)15-14(19)16-8-7-10(3)12(16)13(17)18/h9-12H,5-8H2,1-4H3,(H,15,19)(H,17,18). The van der Waals surface area contributed by atoms with Crippen molar-refractivity contribution in [3.63, 3.8) is 0 Å². The number of carboxylic acids is 1. The van der Waals surface area contributed by atoms with Crippen molar-refractivity contribution < 1.29 is 14.7 Å². The molecule has 0 bridgehead atoms. The molecule has 0 aromatic rings. The fourth-order valence-corrected chi connectivity index (χ4v) is 2.50. The van der Waals surface area contributed by atoms with E-state index in [1.807, 2.05) is 13.8 Å². The van der Waals surface area contributed by atoms with Crippen molar-refractivity contribution in [1.29, 1.82) is 0 Å². The molecule has 5 nitrogen and oxygen atoms in total. The molecule has 5 heteroatoms. The fraction of sp³-hybridized carbons (Fsp3) is 0.857. The molecule has 1 fully saturated rings. The molecule has 2 amide bonds. The van der Waals surface area contributed by atoms with Gasteiger partial charge in [0.1, 0.15) is 6.04 Å². The van der Waals surface area contributed by atoms with Crippen molar-refractivity contribution in [3.8, 4) is 0 Å². The minimum Gasteiger partial charge on any atom is -0.480 e. The first-order valence-corrected chi connectivity index (χ1v) is 7.12. The van der Waals surface area contributed by atoms with Gasteiger partial charge in [0.15, 0.2) is 0 Å². The van der Waals surface area contributed by atoms with Crippen LogP contribution in [0.4, 0.5) is 4.79 Å². The predicted molar refractivity (Wildman–Crippen MR) is 74.0 cm³/mol. The molecule has 0 radical (unpaired) electrons. The number of hydrogen-bond donors (Lipinski definition) is 2. The second-order valence-corrected chi connectivity index (χ2v) is 6.06. The first-order chi connectivity index (χ1) is 8.82. The second-order valence-electron chi connectivity index (χ2n) is 6.06. The third kappa shape index (κ3) is 4.40. The Labute approximate surface area is 115 Å². The zero-order chi connectivity index (χ0) is 14.6. The minimum absolute atomic E-state index is 0.0224. The van der Waals surface area contributed by atoms with Crippen LogP contribution in [0.25, 0.3) is 0 Å². The van der Waals surface area contributed by atoms with Gasteiger partial charge in [-0.25, -0.2) is 9.59 Å². The largest absolute Gasteiger partial charge is 0.480 e. The number of carboxylic acid groups (broad SMARTS) is 1. The van der Waals surface area contributed by atoms with Gasteiger partial charge in [-0.2, -0.15) is 0 Å². The van der Waals surface area contributed by atoms with E-state index in [4.69, 9.17) is 0 Å². The van der Waals surface area contributed by atoms with E-state index < -0.39 is 12.0 Å². The molecule has 3 atom stereocenters. The summed E-state index contributed by atoms with van der Waals surface area (Å²) >= 11 is 0. The smallest absolute Gasteiger partial charge is 0.326 e. The number of hydrogen-bond acceptors (Lipinski definition) is 2. The Morgan fingerprint density at radius 1 is 1.32 bits per heavy atom. The SMILES string of the molecule is CC(C)CCC(C)NC(=O)N1CCC(C)C1C(=O)O. The summed E-state index contributed by atoms with van der Waals surface area (Å²) in [7, 11) is 0. The van der Waals surface area contributed by atoms with Crippen molar-refractivity contribution in [1.82, 2.24) is 10.2 Å². The molecule has 0 spiro atoms. The van der Waals surface area contributed by atoms with Gasteiger partial charge in [-0.15, -0.1) is 0 Å². The van der Waals surface area contributed by atoms with Crippen LogP contribution in [0.2, 0.25) is 0 Å². The topological polar surface area (TPSA) is 69.6 Å². The van der Waals surface area contributed by atoms with Crippen LogP contribution < -0.4 is 5.32 Å². The number of nitrogens with zero attached hydrogens (tertiary/aromatic N) is 1. The highest BCUT2D eigenvalue weighted by atomic mass is 16.4. The lowest BCUT2D eigenvalue weighted by molar-refractivity contribution is -0.142. The van der Waals surface area contributed by atoms with E-state index in [1.54, 1.807) is 0 Å². The molecule has 110 valence electrons. The van der Waals surface area contributed by atoms with Crippen LogP contribution in [0.15, 0.2) is 0 Å². The summed E-state index contributed by atoms with van der Waals surface area (Å²) in [6.07, 6.45) is 2.73. The molecule has 1 aliphatic rings.